The van der Waals surface area contributed by atoms with Crippen LogP contribution in [0.25, 0.3) is 0 Å². The average molecular weight is 375 g/mol. The first-order valence-electron chi connectivity index (χ1n) is 7.82. The van der Waals surface area contributed by atoms with Crippen LogP contribution in [-0.2, 0) is 14.3 Å². The summed E-state index contributed by atoms with van der Waals surface area (Å²) in [7, 11) is 0. The van der Waals surface area contributed by atoms with Gasteiger partial charge < -0.3 is 9.47 Å². The van der Waals surface area contributed by atoms with Crippen LogP contribution in [-0.4, -0.2) is 30.0 Å². The Kier molecular flexibility index (Phi) is 7.04. The molecule has 0 spiro atoms. The van der Waals surface area contributed by atoms with Gasteiger partial charge in [-0.1, -0.05) is 36.4 Å². The molecular weight excluding hydrogens is 358 g/mol. The Hall–Kier alpha value is -3.00. The number of rotatable bonds is 8. The van der Waals surface area contributed by atoms with Crippen molar-refractivity contribution in [1.82, 2.24) is 0 Å². The topological polar surface area (TPSA) is 95.7 Å². The van der Waals surface area contributed by atoms with Crippen LogP contribution in [0.2, 0.25) is 0 Å². The average Bonchev–Trinajstić information content (AvgIpc) is 3.15. The molecule has 0 bridgehead atoms. The quantitative estimate of drug-likeness (QED) is 0.231. The second-order valence-electron chi connectivity index (χ2n) is 5.15. The number of carbonyl (C=O) groups is 2. The van der Waals surface area contributed by atoms with Gasteiger partial charge >= 0.3 is 11.9 Å². The number of nitrogens with zero attached hydrogens (tertiary/aromatic N) is 1. The Bertz CT molecular complexity index is 785. The smallest absolute Gasteiger partial charge is 0.374 e. The molecule has 0 aliphatic rings. The molecule has 2 rings (SSSR count). The zero-order chi connectivity index (χ0) is 18.9. The van der Waals surface area contributed by atoms with E-state index < -0.39 is 29.3 Å². The Morgan fingerprint density at radius 1 is 1.23 bits per heavy atom. The number of benzene rings is 1. The van der Waals surface area contributed by atoms with E-state index in [0.29, 0.717) is 10.4 Å². The van der Waals surface area contributed by atoms with Gasteiger partial charge in [-0.15, -0.1) is 11.3 Å². The van der Waals surface area contributed by atoms with Crippen LogP contribution in [0.15, 0.2) is 59.7 Å². The minimum absolute atomic E-state index is 0.0813. The van der Waals surface area contributed by atoms with Gasteiger partial charge in [-0.05, 0) is 30.0 Å². The van der Waals surface area contributed by atoms with Crippen LogP contribution >= 0.6 is 11.3 Å². The summed E-state index contributed by atoms with van der Waals surface area (Å²) >= 11 is 1.16. The molecule has 0 aliphatic carbocycles. The highest BCUT2D eigenvalue weighted by atomic mass is 32.1. The van der Waals surface area contributed by atoms with Gasteiger partial charge in [0.25, 0.3) is 0 Å². The molecule has 0 saturated carbocycles. The van der Waals surface area contributed by atoms with Crippen molar-refractivity contribution >= 4 is 23.3 Å². The van der Waals surface area contributed by atoms with Gasteiger partial charge in [0.15, 0.2) is 0 Å². The van der Waals surface area contributed by atoms with E-state index in [4.69, 9.17) is 9.47 Å². The molecule has 1 aromatic heterocycles. The summed E-state index contributed by atoms with van der Waals surface area (Å²) < 4.78 is 10.1. The molecule has 0 amide bonds. The zero-order valence-corrected chi connectivity index (χ0v) is 14.8. The van der Waals surface area contributed by atoms with E-state index in [0.717, 1.165) is 11.3 Å². The van der Waals surface area contributed by atoms with E-state index in [-0.39, 0.29) is 12.4 Å². The van der Waals surface area contributed by atoms with Gasteiger partial charge in [0.1, 0.15) is 4.88 Å². The van der Waals surface area contributed by atoms with Crippen LogP contribution in [0.4, 0.5) is 0 Å². The van der Waals surface area contributed by atoms with Gasteiger partial charge in [-0.2, -0.15) is 0 Å². The molecule has 1 heterocycles. The van der Waals surface area contributed by atoms with E-state index in [1.807, 2.05) is 0 Å². The lowest BCUT2D eigenvalue weighted by Gasteiger charge is -2.12. The minimum atomic E-state index is -0.846. The lowest BCUT2D eigenvalue weighted by Crippen LogP contribution is -2.18. The SMILES string of the molecule is CCOC(=O)/C(=C/[C@H](C[N+](=O)[O-])c1ccccc1)OC(=O)c1cccs1. The molecule has 8 heteroatoms. The molecule has 136 valence electrons. The second-order valence-corrected chi connectivity index (χ2v) is 6.10. The third-order valence-corrected chi connectivity index (χ3v) is 4.18. The van der Waals surface area contributed by atoms with E-state index in [9.17, 15) is 19.7 Å². The minimum Gasteiger partial charge on any atom is -0.460 e. The Morgan fingerprint density at radius 3 is 2.54 bits per heavy atom. The first kappa shape index (κ1) is 19.3. The molecular formula is C18H17NO6S. The van der Waals surface area contributed by atoms with Crippen LogP contribution in [0, 0.1) is 10.1 Å². The number of esters is 2. The summed E-state index contributed by atoms with van der Waals surface area (Å²) in [6, 6.07) is 11.9. The van der Waals surface area contributed by atoms with Gasteiger partial charge in [0.2, 0.25) is 12.3 Å². The van der Waals surface area contributed by atoms with Crippen molar-refractivity contribution in [3.8, 4) is 0 Å². The molecule has 2 aromatic rings. The van der Waals surface area contributed by atoms with Crippen molar-refractivity contribution in [1.29, 1.82) is 0 Å². The van der Waals surface area contributed by atoms with Crippen molar-refractivity contribution < 1.29 is 24.0 Å². The molecule has 1 aromatic carbocycles. The number of hydrogen-bond acceptors (Lipinski definition) is 7. The molecule has 0 unspecified atom stereocenters. The van der Waals surface area contributed by atoms with E-state index in [2.05, 4.69) is 0 Å². The Morgan fingerprint density at radius 2 is 1.96 bits per heavy atom. The number of thiophene rings is 1. The van der Waals surface area contributed by atoms with Gasteiger partial charge in [0.05, 0.1) is 12.5 Å². The van der Waals surface area contributed by atoms with Crippen molar-refractivity contribution in [2.24, 2.45) is 0 Å². The first-order chi connectivity index (χ1) is 12.5. The highest BCUT2D eigenvalue weighted by Gasteiger charge is 2.24. The monoisotopic (exact) mass is 375 g/mol. The Balaban J connectivity index is 2.34. The van der Waals surface area contributed by atoms with E-state index in [1.54, 1.807) is 54.8 Å². The molecule has 26 heavy (non-hydrogen) atoms. The van der Waals surface area contributed by atoms with Crippen LogP contribution in [0.1, 0.15) is 28.1 Å². The fourth-order valence-electron chi connectivity index (χ4n) is 2.19. The fourth-order valence-corrected chi connectivity index (χ4v) is 2.79. The largest absolute Gasteiger partial charge is 0.460 e. The summed E-state index contributed by atoms with van der Waals surface area (Å²) in [6.07, 6.45) is 1.27. The molecule has 1 atom stereocenters. The maximum absolute atomic E-state index is 12.2. The number of ether oxygens (including phenoxy) is 2. The van der Waals surface area contributed by atoms with Gasteiger partial charge in [-0.3, -0.25) is 10.1 Å². The second kappa shape index (κ2) is 9.47. The maximum atomic E-state index is 12.2. The lowest BCUT2D eigenvalue weighted by atomic mass is 9.98. The highest BCUT2D eigenvalue weighted by molar-refractivity contribution is 7.11. The third kappa shape index (κ3) is 5.52. The van der Waals surface area contributed by atoms with Crippen molar-refractivity contribution in [3.05, 3.63) is 80.2 Å². The van der Waals surface area contributed by atoms with Crippen LogP contribution < -0.4 is 0 Å². The summed E-state index contributed by atoms with van der Waals surface area (Å²) in [5.41, 5.74) is 0.623. The Labute approximate surface area is 154 Å². The summed E-state index contributed by atoms with van der Waals surface area (Å²) in [5.74, 6) is -2.67. The molecule has 0 radical (unpaired) electrons. The van der Waals surface area contributed by atoms with Gasteiger partial charge in [0, 0.05) is 4.92 Å². The summed E-state index contributed by atoms with van der Waals surface area (Å²) in [6.45, 7) is 1.24. The lowest BCUT2D eigenvalue weighted by molar-refractivity contribution is -0.481. The fraction of sp³-hybridized carbons (Fsp3) is 0.222. The molecule has 0 fully saturated rings. The zero-order valence-electron chi connectivity index (χ0n) is 14.0. The van der Waals surface area contributed by atoms with E-state index >= 15 is 0 Å². The standard InChI is InChI=1S/C18H17NO6S/c1-2-24-17(20)15(25-18(21)16-9-6-10-26-16)11-14(12-19(22)23)13-7-4-3-5-8-13/h3-11,14H,2,12H2,1H3/b15-11-/t14-/m1/s1. The molecule has 0 aliphatic heterocycles. The molecule has 7 nitrogen and oxygen atoms in total. The molecule has 0 N–H and O–H groups in total. The van der Waals surface area contributed by atoms with Crippen molar-refractivity contribution in [2.45, 2.75) is 12.8 Å². The first-order valence-corrected chi connectivity index (χ1v) is 8.70. The van der Waals surface area contributed by atoms with Crippen molar-refractivity contribution in [3.63, 3.8) is 0 Å². The van der Waals surface area contributed by atoms with Crippen LogP contribution in [0.3, 0.4) is 0 Å². The van der Waals surface area contributed by atoms with Crippen LogP contribution in [0.5, 0.6) is 0 Å². The van der Waals surface area contributed by atoms with Crippen molar-refractivity contribution in [2.75, 3.05) is 13.2 Å². The summed E-state index contributed by atoms with van der Waals surface area (Å²) in [5, 5.41) is 12.7. The summed E-state index contributed by atoms with van der Waals surface area (Å²) in [4.78, 5) is 35.2. The third-order valence-electron chi connectivity index (χ3n) is 3.33. The number of nitro groups is 1. The number of carbonyl (C=O) groups excluding carboxylic acids is 2. The predicted molar refractivity (Wildman–Crippen MR) is 95.5 cm³/mol. The maximum Gasteiger partial charge on any atom is 0.374 e. The van der Waals surface area contributed by atoms with E-state index in [1.165, 1.54) is 6.08 Å². The normalized spacial score (nSPS) is 12.3. The molecule has 0 saturated heterocycles. The highest BCUT2D eigenvalue weighted by Crippen LogP contribution is 2.22. The van der Waals surface area contributed by atoms with Gasteiger partial charge in [-0.25, -0.2) is 9.59 Å². The number of hydrogen-bond donors (Lipinski definition) is 0. The predicted octanol–water partition coefficient (Wildman–Crippen LogP) is 3.41.